The van der Waals surface area contributed by atoms with Crippen molar-refractivity contribution < 1.29 is 69.4 Å². The van der Waals surface area contributed by atoms with Crippen LogP contribution in [0.5, 0.6) is 28.7 Å². The van der Waals surface area contributed by atoms with E-state index in [4.69, 9.17) is 28.8 Å². The standard InChI is InChI=1S/C29H26O8S.Na.H/c1-33-23-15-22(37-16-28(31)32)17(11-20(23)27-14-18-7-5-6-8-26(18)38-27)9-10-21(30)19-12-24(34-2)29(36-4)25(13-19)35-3;;/h5-15H,16H2,1-4H3,(H,31,32);;/q;+1;-1/b10-9+;;. The Morgan fingerprint density at radius 1 is 0.872 bits per heavy atom. The number of thiophene rings is 1. The number of carbonyl (C=O) groups is 2. The summed E-state index contributed by atoms with van der Waals surface area (Å²) in [5.74, 6) is 0.418. The van der Waals surface area contributed by atoms with Crippen LogP contribution in [0.25, 0.3) is 26.6 Å². The monoisotopic (exact) mass is 558 g/mol. The van der Waals surface area contributed by atoms with Gasteiger partial charge in [-0.2, -0.15) is 0 Å². The molecule has 0 fully saturated rings. The zero-order valence-electron chi connectivity index (χ0n) is 23.3. The van der Waals surface area contributed by atoms with Gasteiger partial charge in [0.05, 0.1) is 28.4 Å². The molecule has 1 heterocycles. The molecule has 4 aromatic rings. The van der Waals surface area contributed by atoms with Gasteiger partial charge in [0, 0.05) is 32.3 Å². The number of ether oxygens (including phenoxy) is 5. The predicted molar refractivity (Wildman–Crippen MR) is 148 cm³/mol. The number of allylic oxidation sites excluding steroid dienone is 1. The molecule has 10 heteroatoms. The van der Waals surface area contributed by atoms with E-state index in [0.29, 0.717) is 34.1 Å². The first-order valence-corrected chi connectivity index (χ1v) is 12.3. The zero-order chi connectivity index (χ0) is 27.2. The Labute approximate surface area is 253 Å². The summed E-state index contributed by atoms with van der Waals surface area (Å²) in [7, 11) is 5.97. The molecule has 0 saturated carbocycles. The van der Waals surface area contributed by atoms with Crippen LogP contribution in [0, 0.1) is 0 Å². The van der Waals surface area contributed by atoms with Crippen LogP contribution in [0.3, 0.4) is 0 Å². The number of rotatable bonds is 11. The minimum Gasteiger partial charge on any atom is -1.00 e. The Morgan fingerprint density at radius 2 is 1.54 bits per heavy atom. The Kier molecular flexibility index (Phi) is 10.4. The number of hydrogen-bond donors (Lipinski definition) is 1. The smallest absolute Gasteiger partial charge is 1.00 e. The van der Waals surface area contributed by atoms with Gasteiger partial charge in [-0.3, -0.25) is 4.79 Å². The molecule has 1 aromatic heterocycles. The third-order valence-electron chi connectivity index (χ3n) is 5.74. The van der Waals surface area contributed by atoms with Gasteiger partial charge in [-0.25, -0.2) is 4.79 Å². The molecule has 0 aliphatic heterocycles. The summed E-state index contributed by atoms with van der Waals surface area (Å²) in [6.07, 6.45) is 2.96. The summed E-state index contributed by atoms with van der Waals surface area (Å²) >= 11 is 1.60. The van der Waals surface area contributed by atoms with Crippen LogP contribution in [0.1, 0.15) is 17.3 Å². The van der Waals surface area contributed by atoms with Gasteiger partial charge in [-0.1, -0.05) is 18.2 Å². The Morgan fingerprint density at radius 3 is 2.13 bits per heavy atom. The van der Waals surface area contributed by atoms with Crippen molar-refractivity contribution in [1.29, 1.82) is 0 Å². The van der Waals surface area contributed by atoms with E-state index in [0.717, 1.165) is 20.5 Å². The molecule has 0 saturated heterocycles. The molecule has 0 aliphatic carbocycles. The first-order chi connectivity index (χ1) is 18.4. The molecule has 3 aromatic carbocycles. The minimum absolute atomic E-state index is 0. The van der Waals surface area contributed by atoms with Crippen molar-refractivity contribution in [1.82, 2.24) is 0 Å². The molecule has 0 radical (unpaired) electrons. The number of aliphatic carboxylic acids is 1. The van der Waals surface area contributed by atoms with Crippen molar-refractivity contribution in [3.63, 3.8) is 0 Å². The quantitative estimate of drug-likeness (QED) is 0.170. The third kappa shape index (κ3) is 6.75. The van der Waals surface area contributed by atoms with Crippen LogP contribution in [0.2, 0.25) is 0 Å². The summed E-state index contributed by atoms with van der Waals surface area (Å²) < 4.78 is 28.3. The van der Waals surface area contributed by atoms with Crippen molar-refractivity contribution >= 4 is 39.3 Å². The number of carboxylic acids is 1. The van der Waals surface area contributed by atoms with Crippen LogP contribution in [-0.4, -0.2) is 51.9 Å². The van der Waals surface area contributed by atoms with E-state index in [1.165, 1.54) is 34.5 Å². The summed E-state index contributed by atoms with van der Waals surface area (Å²) in [6.45, 7) is -0.549. The maximum atomic E-state index is 13.1. The number of methoxy groups -OCH3 is 4. The summed E-state index contributed by atoms with van der Waals surface area (Å²) in [6, 6.07) is 16.7. The number of hydrogen-bond acceptors (Lipinski definition) is 8. The van der Waals surface area contributed by atoms with Gasteiger partial charge in [-0.15, -0.1) is 11.3 Å². The molecule has 4 rings (SSSR count). The molecule has 8 nitrogen and oxygen atoms in total. The van der Waals surface area contributed by atoms with Gasteiger partial charge >= 0.3 is 35.5 Å². The number of fused-ring (bicyclic) bond motifs is 1. The SMILES string of the molecule is COc1cc(OCC(=O)O)c(/C=C/C(=O)c2cc(OC)c(OC)c(OC)c2)cc1-c1cc2ccccc2s1.[H-].[Na+]. The number of carboxylic acid groups (broad SMARTS) is 1. The summed E-state index contributed by atoms with van der Waals surface area (Å²) in [5, 5.41) is 10.2. The minimum atomic E-state index is -1.12. The van der Waals surface area contributed by atoms with Gasteiger partial charge in [0.15, 0.2) is 23.9 Å². The van der Waals surface area contributed by atoms with Crippen LogP contribution in [0.15, 0.2) is 60.7 Å². The third-order valence-corrected chi connectivity index (χ3v) is 6.89. The zero-order valence-corrected chi connectivity index (χ0v) is 25.1. The van der Waals surface area contributed by atoms with Crippen LogP contribution < -0.4 is 53.2 Å². The van der Waals surface area contributed by atoms with Crippen LogP contribution >= 0.6 is 11.3 Å². The predicted octanol–water partition coefficient (Wildman–Crippen LogP) is 3.08. The van der Waals surface area contributed by atoms with Gasteiger partial charge in [-0.05, 0) is 47.9 Å². The Balaban J connectivity index is 0.00000280. The number of benzene rings is 3. The average molecular weight is 559 g/mol. The summed E-state index contributed by atoms with van der Waals surface area (Å²) in [4.78, 5) is 25.3. The van der Waals surface area contributed by atoms with E-state index < -0.39 is 12.6 Å². The molecule has 198 valence electrons. The second kappa shape index (κ2) is 13.5. The van der Waals surface area contributed by atoms with Crippen molar-refractivity contribution in [2.45, 2.75) is 0 Å². The molecule has 0 bridgehead atoms. The molecule has 0 amide bonds. The van der Waals surface area contributed by atoms with Crippen molar-refractivity contribution in [2.24, 2.45) is 0 Å². The number of carbonyl (C=O) groups excluding carboxylic acids is 1. The fourth-order valence-electron chi connectivity index (χ4n) is 3.93. The first kappa shape index (κ1) is 30.0. The Bertz CT molecular complexity index is 1470. The van der Waals surface area contributed by atoms with E-state index in [9.17, 15) is 9.59 Å². The van der Waals surface area contributed by atoms with Crippen LogP contribution in [-0.2, 0) is 4.79 Å². The van der Waals surface area contributed by atoms with E-state index in [1.54, 1.807) is 35.6 Å². The van der Waals surface area contributed by atoms with E-state index in [-0.39, 0.29) is 42.5 Å². The fourth-order valence-corrected chi connectivity index (χ4v) is 5.02. The fraction of sp³-hybridized carbons (Fsp3) is 0.172. The molecule has 39 heavy (non-hydrogen) atoms. The second-order valence-corrected chi connectivity index (χ2v) is 9.12. The van der Waals surface area contributed by atoms with Gasteiger partial charge < -0.3 is 30.2 Å². The first-order valence-electron chi connectivity index (χ1n) is 11.5. The Hall–Kier alpha value is -3.50. The molecule has 0 aliphatic rings. The van der Waals surface area contributed by atoms with Gasteiger partial charge in [0.2, 0.25) is 5.75 Å². The van der Waals surface area contributed by atoms with E-state index in [2.05, 4.69) is 6.07 Å². The average Bonchev–Trinajstić information content (AvgIpc) is 3.37. The molecule has 0 spiro atoms. The molecular weight excluding hydrogens is 531 g/mol. The second-order valence-electron chi connectivity index (χ2n) is 8.03. The topological polar surface area (TPSA) is 101 Å². The molecule has 1 N–H and O–H groups in total. The van der Waals surface area contributed by atoms with Crippen molar-refractivity contribution in [3.05, 3.63) is 71.8 Å². The van der Waals surface area contributed by atoms with Crippen molar-refractivity contribution in [3.8, 4) is 39.2 Å². The largest absolute Gasteiger partial charge is 1.00 e. The normalized spacial score (nSPS) is 10.7. The van der Waals surface area contributed by atoms with Crippen LogP contribution in [0.4, 0.5) is 0 Å². The molecule has 0 atom stereocenters. The molecular formula is C29H27NaO8S. The van der Waals surface area contributed by atoms with E-state index >= 15 is 0 Å². The summed E-state index contributed by atoms with van der Waals surface area (Å²) in [5.41, 5.74) is 1.62. The van der Waals surface area contributed by atoms with Gasteiger partial charge in [0.1, 0.15) is 11.5 Å². The number of ketones is 1. The maximum Gasteiger partial charge on any atom is 1.00 e. The molecule has 0 unspecified atom stereocenters. The van der Waals surface area contributed by atoms with Gasteiger partial charge in [0.25, 0.3) is 0 Å². The maximum absolute atomic E-state index is 13.1. The van der Waals surface area contributed by atoms with Crippen molar-refractivity contribution in [2.75, 3.05) is 35.0 Å². The van der Waals surface area contributed by atoms with E-state index in [1.807, 2.05) is 30.3 Å².